The van der Waals surface area contributed by atoms with E-state index in [1.54, 1.807) is 0 Å². The molecule has 1 heterocycles. The Morgan fingerprint density at radius 2 is 2.55 bits per heavy atom. The normalized spacial score (nSPS) is 16.5. The van der Waals surface area contributed by atoms with Crippen LogP contribution in [0.2, 0.25) is 0 Å². The van der Waals surface area contributed by atoms with Gasteiger partial charge in [-0.3, -0.25) is 10.0 Å². The van der Waals surface area contributed by atoms with Crippen LogP contribution in [0.15, 0.2) is 34.6 Å². The molecule has 2 N–H and O–H groups in total. The van der Waals surface area contributed by atoms with Crippen LogP contribution in [0.3, 0.4) is 0 Å². The van der Waals surface area contributed by atoms with Crippen molar-refractivity contribution in [2.75, 3.05) is 0 Å². The van der Waals surface area contributed by atoms with Gasteiger partial charge in [-0.05, 0) is 0 Å². The highest BCUT2D eigenvalue weighted by Crippen LogP contribution is 2.00. The van der Waals surface area contributed by atoms with E-state index >= 15 is 0 Å². The van der Waals surface area contributed by atoms with Crippen LogP contribution in [0, 0.1) is 0 Å². The van der Waals surface area contributed by atoms with E-state index in [4.69, 9.17) is 5.21 Å². The lowest BCUT2D eigenvalue weighted by atomic mass is 10.6. The average Bonchev–Trinajstić information content (AvgIpc) is 2.01. The summed E-state index contributed by atoms with van der Waals surface area (Å²) in [6.45, 7) is 0. The number of hydroxylamine groups is 2. The molecule has 0 atom stereocenters. The van der Waals surface area contributed by atoms with Gasteiger partial charge in [-0.15, -0.1) is 10.2 Å². The SMILES string of the molecule is O=CN=NC1=CN(O)C=CN1. The lowest BCUT2D eigenvalue weighted by Gasteiger charge is -2.11. The van der Waals surface area contributed by atoms with Crippen molar-refractivity contribution in [2.24, 2.45) is 10.2 Å². The van der Waals surface area contributed by atoms with Crippen LogP contribution in [0.25, 0.3) is 0 Å². The molecule has 0 aromatic rings. The minimum atomic E-state index is 0.294. The molecule has 0 bridgehead atoms. The highest BCUT2D eigenvalue weighted by Gasteiger charge is 1.98. The molecule has 11 heavy (non-hydrogen) atoms. The zero-order valence-corrected chi connectivity index (χ0v) is 5.51. The summed E-state index contributed by atoms with van der Waals surface area (Å²) in [6, 6.07) is 0. The summed E-state index contributed by atoms with van der Waals surface area (Å²) in [7, 11) is 0. The molecule has 0 radical (unpaired) electrons. The maximum absolute atomic E-state index is 9.72. The Hall–Kier alpha value is -1.69. The Morgan fingerprint density at radius 1 is 1.73 bits per heavy atom. The van der Waals surface area contributed by atoms with Crippen LogP contribution in [-0.4, -0.2) is 16.7 Å². The van der Waals surface area contributed by atoms with Crippen molar-refractivity contribution in [3.05, 3.63) is 24.4 Å². The lowest BCUT2D eigenvalue weighted by molar-refractivity contribution is -0.107. The van der Waals surface area contributed by atoms with Gasteiger partial charge in [0.15, 0.2) is 5.82 Å². The Balaban J connectivity index is 2.59. The van der Waals surface area contributed by atoms with Crippen LogP contribution in [-0.2, 0) is 4.79 Å². The van der Waals surface area contributed by atoms with E-state index in [1.165, 1.54) is 18.6 Å². The molecule has 1 aliphatic rings. The number of azo groups is 1. The first-order chi connectivity index (χ1) is 5.33. The second-order valence-corrected chi connectivity index (χ2v) is 1.68. The first-order valence-corrected chi connectivity index (χ1v) is 2.79. The molecule has 1 rings (SSSR count). The fourth-order valence-corrected chi connectivity index (χ4v) is 0.545. The van der Waals surface area contributed by atoms with E-state index in [2.05, 4.69) is 15.5 Å². The van der Waals surface area contributed by atoms with Crippen molar-refractivity contribution in [2.45, 2.75) is 0 Å². The van der Waals surface area contributed by atoms with Crippen molar-refractivity contribution in [1.29, 1.82) is 0 Å². The van der Waals surface area contributed by atoms with E-state index in [9.17, 15) is 4.79 Å². The summed E-state index contributed by atoms with van der Waals surface area (Å²) in [6.07, 6.45) is 4.41. The smallest absolute Gasteiger partial charge is 0.252 e. The van der Waals surface area contributed by atoms with Crippen LogP contribution in [0.4, 0.5) is 0 Å². The molecular weight excluding hydrogens is 148 g/mol. The van der Waals surface area contributed by atoms with Crippen molar-refractivity contribution in [3.8, 4) is 0 Å². The highest BCUT2D eigenvalue weighted by atomic mass is 16.5. The van der Waals surface area contributed by atoms with E-state index in [0.717, 1.165) is 5.06 Å². The van der Waals surface area contributed by atoms with Crippen molar-refractivity contribution < 1.29 is 10.0 Å². The molecule has 1 amide bonds. The fourth-order valence-electron chi connectivity index (χ4n) is 0.545. The largest absolute Gasteiger partial charge is 0.342 e. The van der Waals surface area contributed by atoms with Gasteiger partial charge in [-0.1, -0.05) is 0 Å². The van der Waals surface area contributed by atoms with Crippen LogP contribution < -0.4 is 5.32 Å². The van der Waals surface area contributed by atoms with Gasteiger partial charge in [0.2, 0.25) is 0 Å². The third kappa shape index (κ3) is 2.18. The highest BCUT2D eigenvalue weighted by molar-refractivity contribution is 5.46. The molecule has 0 aromatic heterocycles. The average molecular weight is 154 g/mol. The molecule has 0 unspecified atom stereocenters. The van der Waals surface area contributed by atoms with E-state index in [1.807, 2.05) is 0 Å². The molecule has 0 saturated carbocycles. The molecule has 0 spiro atoms. The van der Waals surface area contributed by atoms with Crippen LogP contribution in [0.1, 0.15) is 0 Å². The first kappa shape index (κ1) is 7.42. The Labute approximate surface area is 62.5 Å². The number of nitrogens with zero attached hydrogens (tertiary/aromatic N) is 3. The van der Waals surface area contributed by atoms with E-state index in [-0.39, 0.29) is 0 Å². The maximum Gasteiger partial charge on any atom is 0.252 e. The van der Waals surface area contributed by atoms with Gasteiger partial charge in [0.05, 0.1) is 6.20 Å². The van der Waals surface area contributed by atoms with Gasteiger partial charge in [-0.2, -0.15) is 0 Å². The predicted octanol–water partition coefficient (Wildman–Crippen LogP) is 0.159. The Morgan fingerprint density at radius 3 is 3.18 bits per heavy atom. The molecule has 0 fully saturated rings. The number of amides is 1. The third-order valence-electron chi connectivity index (χ3n) is 0.926. The minimum Gasteiger partial charge on any atom is -0.342 e. The quantitative estimate of drug-likeness (QED) is 0.438. The molecule has 0 aromatic carbocycles. The molecular formula is C5H6N4O2. The van der Waals surface area contributed by atoms with Crippen molar-refractivity contribution >= 4 is 6.41 Å². The monoisotopic (exact) mass is 154 g/mol. The summed E-state index contributed by atoms with van der Waals surface area (Å²) in [5.74, 6) is 0.294. The van der Waals surface area contributed by atoms with Crippen LogP contribution >= 0.6 is 0 Å². The van der Waals surface area contributed by atoms with Gasteiger partial charge in [0.1, 0.15) is 0 Å². The van der Waals surface area contributed by atoms with Gasteiger partial charge >= 0.3 is 0 Å². The van der Waals surface area contributed by atoms with Crippen LogP contribution in [0.5, 0.6) is 0 Å². The zero-order valence-electron chi connectivity index (χ0n) is 5.51. The zero-order chi connectivity index (χ0) is 8.10. The summed E-state index contributed by atoms with van der Waals surface area (Å²) >= 11 is 0. The molecule has 6 nitrogen and oxygen atoms in total. The molecule has 0 saturated heterocycles. The second-order valence-electron chi connectivity index (χ2n) is 1.68. The van der Waals surface area contributed by atoms with Crippen molar-refractivity contribution in [3.63, 3.8) is 0 Å². The van der Waals surface area contributed by atoms with Gasteiger partial charge < -0.3 is 5.32 Å². The minimum absolute atomic E-state index is 0.294. The van der Waals surface area contributed by atoms with Crippen molar-refractivity contribution in [1.82, 2.24) is 10.4 Å². The topological polar surface area (TPSA) is 77.3 Å². The Bertz CT molecular complexity index is 233. The standard InChI is InChI=1S/C5H6N4O2/c10-4-7-8-5-3-9(11)2-1-6-5/h1-4,6,11H. The molecule has 58 valence electrons. The number of nitrogens with one attached hydrogen (secondary N) is 1. The maximum atomic E-state index is 9.72. The number of carbonyl (C=O) groups excluding carboxylic acids is 1. The predicted molar refractivity (Wildman–Crippen MR) is 34.9 cm³/mol. The fraction of sp³-hybridized carbons (Fsp3) is 0. The summed E-state index contributed by atoms with van der Waals surface area (Å²) in [5.41, 5.74) is 0. The molecule has 6 heteroatoms. The number of rotatable bonds is 2. The molecule has 0 aliphatic carbocycles. The number of carbonyl (C=O) groups is 1. The number of hydrogen-bond acceptors (Lipinski definition) is 5. The summed E-state index contributed by atoms with van der Waals surface area (Å²) in [5, 5.41) is 18.7. The van der Waals surface area contributed by atoms with E-state index in [0.29, 0.717) is 12.2 Å². The lowest BCUT2D eigenvalue weighted by Crippen LogP contribution is -2.15. The van der Waals surface area contributed by atoms with Gasteiger partial charge in [-0.25, -0.2) is 5.06 Å². The summed E-state index contributed by atoms with van der Waals surface area (Å²) < 4.78 is 0. The summed E-state index contributed by atoms with van der Waals surface area (Å²) in [4.78, 5) is 9.72. The number of hydrogen-bond donors (Lipinski definition) is 2. The molecule has 1 aliphatic heterocycles. The third-order valence-corrected chi connectivity index (χ3v) is 0.926. The second kappa shape index (κ2) is 3.47. The van der Waals surface area contributed by atoms with E-state index < -0.39 is 0 Å². The first-order valence-electron chi connectivity index (χ1n) is 2.79. The Kier molecular flexibility index (Phi) is 2.34. The van der Waals surface area contributed by atoms with Gasteiger partial charge in [0, 0.05) is 12.4 Å². The van der Waals surface area contributed by atoms with Gasteiger partial charge in [0.25, 0.3) is 6.41 Å².